The SMILES string of the molecule is NS(=O)(=O)NC1CCCN(c2ccnc(-c3cnc4cnc(C(F)F)cn34)n2)C1. The maximum atomic E-state index is 13.0. The lowest BCUT2D eigenvalue weighted by molar-refractivity contribution is 0.145. The van der Waals surface area contributed by atoms with Crippen molar-refractivity contribution >= 4 is 21.7 Å². The second-order valence-corrected chi connectivity index (χ2v) is 8.00. The van der Waals surface area contributed by atoms with Crippen molar-refractivity contribution in [2.45, 2.75) is 25.3 Å². The molecular formula is C16H18F2N8O2S. The normalized spacial score (nSPS) is 17.9. The van der Waals surface area contributed by atoms with E-state index in [1.54, 1.807) is 12.3 Å². The summed E-state index contributed by atoms with van der Waals surface area (Å²) in [5.41, 5.74) is 0.469. The molecule has 3 N–H and O–H groups in total. The highest BCUT2D eigenvalue weighted by Gasteiger charge is 2.24. The molecule has 0 spiro atoms. The lowest BCUT2D eigenvalue weighted by Crippen LogP contribution is -2.49. The van der Waals surface area contributed by atoms with E-state index in [4.69, 9.17) is 5.14 Å². The Morgan fingerprint density at radius 2 is 2.07 bits per heavy atom. The van der Waals surface area contributed by atoms with Gasteiger partial charge in [-0.2, -0.15) is 13.1 Å². The Morgan fingerprint density at radius 1 is 1.24 bits per heavy atom. The van der Waals surface area contributed by atoms with E-state index in [-0.39, 0.29) is 11.7 Å². The molecule has 4 rings (SSSR count). The molecule has 0 radical (unpaired) electrons. The summed E-state index contributed by atoms with van der Waals surface area (Å²) in [7, 11) is -3.80. The number of rotatable bonds is 5. The van der Waals surface area contributed by atoms with Crippen molar-refractivity contribution in [3.05, 3.63) is 36.5 Å². The summed E-state index contributed by atoms with van der Waals surface area (Å²) in [6, 6.07) is 1.38. The summed E-state index contributed by atoms with van der Waals surface area (Å²) in [6.45, 7) is 1.09. The molecule has 4 heterocycles. The minimum absolute atomic E-state index is 0.308. The van der Waals surface area contributed by atoms with Crippen molar-refractivity contribution in [2.24, 2.45) is 5.14 Å². The van der Waals surface area contributed by atoms with Gasteiger partial charge in [0, 0.05) is 31.5 Å². The smallest absolute Gasteiger partial charge is 0.281 e. The van der Waals surface area contributed by atoms with Gasteiger partial charge in [-0.1, -0.05) is 0 Å². The summed E-state index contributed by atoms with van der Waals surface area (Å²) in [6.07, 6.45) is 4.25. The van der Waals surface area contributed by atoms with E-state index in [9.17, 15) is 17.2 Å². The second kappa shape index (κ2) is 7.57. The first-order chi connectivity index (χ1) is 13.8. The molecule has 1 aliphatic rings. The van der Waals surface area contributed by atoms with Gasteiger partial charge in [0.25, 0.3) is 16.6 Å². The highest BCUT2D eigenvalue weighted by molar-refractivity contribution is 7.87. The zero-order valence-electron chi connectivity index (χ0n) is 15.1. The molecule has 3 aromatic heterocycles. The average Bonchev–Trinajstić information content (AvgIpc) is 3.10. The zero-order valence-corrected chi connectivity index (χ0v) is 15.9. The van der Waals surface area contributed by atoms with Gasteiger partial charge in [-0.25, -0.2) is 33.9 Å². The summed E-state index contributed by atoms with van der Waals surface area (Å²) >= 11 is 0. The minimum atomic E-state index is -3.80. The molecule has 1 unspecified atom stereocenters. The van der Waals surface area contributed by atoms with Crippen molar-refractivity contribution in [3.63, 3.8) is 0 Å². The first-order valence-electron chi connectivity index (χ1n) is 8.80. The predicted molar refractivity (Wildman–Crippen MR) is 100 cm³/mol. The quantitative estimate of drug-likeness (QED) is 0.622. The van der Waals surface area contributed by atoms with Crippen molar-refractivity contribution in [1.29, 1.82) is 0 Å². The Bertz CT molecular complexity index is 1140. The molecule has 1 atom stereocenters. The second-order valence-electron chi connectivity index (χ2n) is 6.67. The Balaban J connectivity index is 1.64. The Morgan fingerprint density at radius 3 is 2.83 bits per heavy atom. The van der Waals surface area contributed by atoms with Gasteiger partial charge in [0.05, 0.1) is 12.4 Å². The van der Waals surface area contributed by atoms with E-state index in [0.29, 0.717) is 42.5 Å². The molecule has 0 amide bonds. The van der Waals surface area contributed by atoms with Crippen LogP contribution in [0.1, 0.15) is 25.0 Å². The van der Waals surface area contributed by atoms with Gasteiger partial charge in [-0.3, -0.25) is 4.40 Å². The molecule has 0 aliphatic carbocycles. The van der Waals surface area contributed by atoms with Crippen LogP contribution in [0.3, 0.4) is 0 Å². The van der Waals surface area contributed by atoms with Crippen molar-refractivity contribution < 1.29 is 17.2 Å². The molecule has 0 bridgehead atoms. The molecule has 10 nitrogen and oxygen atoms in total. The number of alkyl halides is 2. The number of nitrogens with two attached hydrogens (primary N) is 1. The number of anilines is 1. The molecule has 1 saturated heterocycles. The molecule has 29 heavy (non-hydrogen) atoms. The van der Waals surface area contributed by atoms with Gasteiger partial charge in [0.15, 0.2) is 11.5 Å². The first kappa shape index (κ1) is 19.5. The van der Waals surface area contributed by atoms with Crippen molar-refractivity contribution in [2.75, 3.05) is 18.0 Å². The standard InChI is InChI=1S/C16H18F2N8O2S/c17-15(18)11-9-26-12(6-22-14(26)7-21-11)16-20-4-3-13(23-16)25-5-1-2-10(8-25)24-29(19,27)28/h3-4,6-7,9-10,15,24H,1-2,5,8H2,(H2,19,27,28). The Labute approximate surface area is 165 Å². The number of imidazole rings is 1. The Hall–Kier alpha value is -2.77. The predicted octanol–water partition coefficient (Wildman–Crippen LogP) is 0.886. The van der Waals surface area contributed by atoms with E-state index >= 15 is 0 Å². The largest absolute Gasteiger partial charge is 0.355 e. The van der Waals surface area contributed by atoms with Crippen molar-refractivity contribution in [1.82, 2.24) is 29.1 Å². The van der Waals surface area contributed by atoms with Crippen LogP contribution >= 0.6 is 0 Å². The van der Waals surface area contributed by atoms with E-state index in [1.165, 1.54) is 23.0 Å². The van der Waals surface area contributed by atoms with Crippen LogP contribution in [0.25, 0.3) is 17.2 Å². The number of halogens is 2. The van der Waals surface area contributed by atoms with Gasteiger partial charge in [-0.05, 0) is 18.9 Å². The van der Waals surface area contributed by atoms with Gasteiger partial charge < -0.3 is 4.90 Å². The van der Waals surface area contributed by atoms with Crippen LogP contribution in [0.4, 0.5) is 14.6 Å². The van der Waals surface area contributed by atoms with Crippen LogP contribution in [-0.4, -0.2) is 51.9 Å². The van der Waals surface area contributed by atoms with E-state index in [2.05, 4.69) is 24.7 Å². The first-order valence-corrected chi connectivity index (χ1v) is 10.3. The lowest BCUT2D eigenvalue weighted by Gasteiger charge is -2.33. The molecule has 0 aromatic carbocycles. The van der Waals surface area contributed by atoms with Crippen LogP contribution in [-0.2, 0) is 10.2 Å². The van der Waals surface area contributed by atoms with Crippen LogP contribution in [0.15, 0.2) is 30.9 Å². The van der Waals surface area contributed by atoms with Crippen LogP contribution in [0.2, 0.25) is 0 Å². The van der Waals surface area contributed by atoms with E-state index in [1.807, 2.05) is 4.90 Å². The Kier molecular flexibility index (Phi) is 5.10. The summed E-state index contributed by atoms with van der Waals surface area (Å²) in [4.78, 5) is 18.6. The third kappa shape index (κ3) is 4.31. The monoisotopic (exact) mass is 424 g/mol. The van der Waals surface area contributed by atoms with Crippen LogP contribution in [0, 0.1) is 0 Å². The average molecular weight is 424 g/mol. The number of nitrogens with zero attached hydrogens (tertiary/aromatic N) is 6. The summed E-state index contributed by atoms with van der Waals surface area (Å²) < 4.78 is 52.5. The highest BCUT2D eigenvalue weighted by Crippen LogP contribution is 2.24. The topological polar surface area (TPSA) is 131 Å². The molecular weight excluding hydrogens is 406 g/mol. The van der Waals surface area contributed by atoms with E-state index < -0.39 is 16.6 Å². The molecule has 1 aliphatic heterocycles. The van der Waals surface area contributed by atoms with Crippen LogP contribution in [0.5, 0.6) is 0 Å². The summed E-state index contributed by atoms with van der Waals surface area (Å²) in [5.74, 6) is 0.900. The van der Waals surface area contributed by atoms with Gasteiger partial charge in [-0.15, -0.1) is 0 Å². The maximum absolute atomic E-state index is 13.0. The molecule has 154 valence electrons. The maximum Gasteiger partial charge on any atom is 0.281 e. The fourth-order valence-electron chi connectivity index (χ4n) is 3.34. The highest BCUT2D eigenvalue weighted by atomic mass is 32.2. The van der Waals surface area contributed by atoms with Crippen LogP contribution < -0.4 is 14.8 Å². The number of piperidine rings is 1. The number of hydrogen-bond acceptors (Lipinski definition) is 7. The lowest BCUT2D eigenvalue weighted by atomic mass is 10.1. The number of fused-ring (bicyclic) bond motifs is 1. The van der Waals surface area contributed by atoms with Crippen molar-refractivity contribution in [3.8, 4) is 11.5 Å². The molecule has 1 fully saturated rings. The fourth-order valence-corrected chi connectivity index (χ4v) is 4.00. The fraction of sp³-hybridized carbons (Fsp3) is 0.375. The summed E-state index contributed by atoms with van der Waals surface area (Å²) in [5, 5.41) is 5.07. The number of hydrogen-bond donors (Lipinski definition) is 2. The molecule has 13 heteroatoms. The van der Waals surface area contributed by atoms with E-state index in [0.717, 1.165) is 6.42 Å². The number of nitrogens with one attached hydrogen (secondary N) is 1. The van der Waals surface area contributed by atoms with Gasteiger partial charge >= 0.3 is 0 Å². The van der Waals surface area contributed by atoms with Gasteiger partial charge in [0.2, 0.25) is 0 Å². The third-order valence-electron chi connectivity index (χ3n) is 4.59. The third-order valence-corrected chi connectivity index (χ3v) is 5.25. The molecule has 0 saturated carbocycles. The minimum Gasteiger partial charge on any atom is -0.355 e. The van der Waals surface area contributed by atoms with Gasteiger partial charge in [0.1, 0.15) is 17.2 Å². The molecule has 3 aromatic rings. The number of aromatic nitrogens is 5. The zero-order chi connectivity index (χ0) is 20.6.